The van der Waals surface area contributed by atoms with E-state index in [1.165, 1.54) is 0 Å². The van der Waals surface area contributed by atoms with E-state index in [4.69, 9.17) is 29.9 Å². The van der Waals surface area contributed by atoms with Crippen molar-refractivity contribution in [2.24, 2.45) is 0 Å². The van der Waals surface area contributed by atoms with Crippen LogP contribution in [0.15, 0.2) is 73.0 Å². The number of halogens is 1. The molecule has 0 radical (unpaired) electrons. The predicted octanol–water partition coefficient (Wildman–Crippen LogP) is 5.16. The third-order valence-corrected chi connectivity index (χ3v) is 5.14. The molecule has 0 saturated heterocycles. The van der Waals surface area contributed by atoms with Crippen molar-refractivity contribution in [3.8, 4) is 28.2 Å². The molecule has 1 aliphatic rings. The van der Waals surface area contributed by atoms with E-state index in [9.17, 15) is 9.59 Å². The molecule has 30 heavy (non-hydrogen) atoms. The molecular formula is C23H15ClO6. The molecule has 7 heteroatoms. The van der Waals surface area contributed by atoms with Gasteiger partial charge in [-0.05, 0) is 43.3 Å². The Labute approximate surface area is 175 Å². The number of fused-ring (bicyclic) bond motifs is 4. The van der Waals surface area contributed by atoms with E-state index in [-0.39, 0.29) is 11.1 Å². The minimum absolute atomic E-state index is 0.0760. The summed E-state index contributed by atoms with van der Waals surface area (Å²) < 4.78 is 22.7. The Morgan fingerprint density at radius 1 is 0.933 bits per heavy atom. The van der Waals surface area contributed by atoms with Gasteiger partial charge in [-0.25, -0.2) is 9.59 Å². The molecular weight excluding hydrogens is 408 g/mol. The highest BCUT2D eigenvalue weighted by molar-refractivity contribution is 6.31. The maximum atomic E-state index is 12.9. The van der Waals surface area contributed by atoms with Crippen LogP contribution in [0.4, 0.5) is 0 Å². The van der Waals surface area contributed by atoms with Gasteiger partial charge < -0.3 is 18.3 Å². The van der Waals surface area contributed by atoms with Crippen LogP contribution in [-0.4, -0.2) is 6.61 Å². The average Bonchev–Trinajstić information content (AvgIpc) is 2.74. The van der Waals surface area contributed by atoms with Crippen LogP contribution in [0.25, 0.3) is 33.4 Å². The predicted molar refractivity (Wildman–Crippen MR) is 112 cm³/mol. The highest BCUT2D eigenvalue weighted by atomic mass is 35.5. The first kappa shape index (κ1) is 18.7. The summed E-state index contributed by atoms with van der Waals surface area (Å²) in [7, 11) is 0. The molecule has 1 atom stereocenters. The summed E-state index contributed by atoms with van der Waals surface area (Å²) in [6.07, 6.45) is -0.797. The van der Waals surface area contributed by atoms with Crippen molar-refractivity contribution >= 4 is 22.6 Å². The zero-order chi connectivity index (χ0) is 20.8. The van der Waals surface area contributed by atoms with Gasteiger partial charge in [-0.2, -0.15) is 0 Å². The van der Waals surface area contributed by atoms with E-state index in [1.54, 1.807) is 48.5 Å². The molecule has 2 aromatic heterocycles. The average molecular weight is 423 g/mol. The van der Waals surface area contributed by atoms with Crippen LogP contribution >= 0.6 is 11.6 Å². The van der Waals surface area contributed by atoms with Gasteiger partial charge in [0.05, 0.1) is 22.3 Å². The van der Waals surface area contributed by atoms with Gasteiger partial charge in [0.25, 0.3) is 0 Å². The molecule has 4 aromatic rings. The number of ether oxygens (including phenoxy) is 2. The molecule has 0 amide bonds. The molecule has 0 spiro atoms. The highest BCUT2D eigenvalue weighted by Crippen LogP contribution is 2.44. The van der Waals surface area contributed by atoms with Crippen LogP contribution in [0, 0.1) is 0 Å². The summed E-state index contributed by atoms with van der Waals surface area (Å²) in [5, 5.41) is 1.17. The zero-order valence-electron chi connectivity index (χ0n) is 15.8. The minimum Gasteiger partial charge on any atom is -0.460 e. The van der Waals surface area contributed by atoms with Crippen molar-refractivity contribution in [2.45, 2.75) is 13.2 Å². The Morgan fingerprint density at radius 3 is 2.53 bits per heavy atom. The summed E-state index contributed by atoms with van der Waals surface area (Å²) >= 11 is 6.12. The smallest absolute Gasteiger partial charge is 0.344 e. The van der Waals surface area contributed by atoms with Crippen LogP contribution < -0.4 is 16.0 Å². The molecule has 5 rings (SSSR count). The van der Waals surface area contributed by atoms with E-state index in [0.29, 0.717) is 45.2 Å². The van der Waals surface area contributed by atoms with Gasteiger partial charge in [0.2, 0.25) is 6.29 Å². The third kappa shape index (κ3) is 3.01. The second-order valence-electron chi connectivity index (χ2n) is 6.76. The molecule has 1 aliphatic heterocycles. The fourth-order valence-corrected chi connectivity index (χ4v) is 3.72. The van der Waals surface area contributed by atoms with Crippen LogP contribution in [0.5, 0.6) is 5.75 Å². The van der Waals surface area contributed by atoms with E-state index >= 15 is 0 Å². The standard InChI is InChI=1S/C23H15ClO6/c1-2-27-23-17-11-15(14-9-12-5-3-4-6-18(12)28-21(14)25)22(26)30-20(17)16-10-13(24)7-8-19(16)29-23/h3-11,23H,2H2,1H3. The monoisotopic (exact) mass is 422 g/mol. The van der Waals surface area contributed by atoms with Crippen LogP contribution in [0.3, 0.4) is 0 Å². The van der Waals surface area contributed by atoms with Gasteiger partial charge in [-0.1, -0.05) is 29.8 Å². The third-order valence-electron chi connectivity index (χ3n) is 4.90. The fourth-order valence-electron chi connectivity index (χ4n) is 3.55. The second-order valence-corrected chi connectivity index (χ2v) is 7.20. The molecule has 1 unspecified atom stereocenters. The summed E-state index contributed by atoms with van der Waals surface area (Å²) in [5.74, 6) is 0.794. The lowest BCUT2D eigenvalue weighted by Gasteiger charge is -2.27. The number of hydrogen-bond acceptors (Lipinski definition) is 6. The first-order chi connectivity index (χ1) is 14.5. The Kier molecular flexibility index (Phi) is 4.46. The van der Waals surface area contributed by atoms with Crippen LogP contribution in [-0.2, 0) is 4.74 Å². The van der Waals surface area contributed by atoms with E-state index in [0.717, 1.165) is 0 Å². The summed E-state index contributed by atoms with van der Waals surface area (Å²) in [4.78, 5) is 25.5. The second kappa shape index (κ2) is 7.16. The molecule has 150 valence electrons. The number of benzene rings is 2. The van der Waals surface area contributed by atoms with Crippen LogP contribution in [0.2, 0.25) is 5.02 Å². The lowest BCUT2D eigenvalue weighted by atomic mass is 9.99. The van der Waals surface area contributed by atoms with Gasteiger partial charge in [-0.3, -0.25) is 0 Å². The largest absolute Gasteiger partial charge is 0.460 e. The zero-order valence-corrected chi connectivity index (χ0v) is 16.6. The molecule has 6 nitrogen and oxygen atoms in total. The summed E-state index contributed by atoms with van der Waals surface area (Å²) in [6, 6.07) is 15.3. The van der Waals surface area contributed by atoms with Gasteiger partial charge in [0.1, 0.15) is 11.3 Å². The first-order valence-electron chi connectivity index (χ1n) is 9.34. The van der Waals surface area contributed by atoms with Crippen molar-refractivity contribution in [1.82, 2.24) is 0 Å². The fraction of sp³-hybridized carbons (Fsp3) is 0.130. The molecule has 0 N–H and O–H groups in total. The van der Waals surface area contributed by atoms with E-state index in [1.807, 2.05) is 13.0 Å². The number of rotatable bonds is 3. The molecule has 2 aromatic carbocycles. The summed E-state index contributed by atoms with van der Waals surface area (Å²) in [5.41, 5.74) is 0.363. The number of hydrogen-bond donors (Lipinski definition) is 0. The minimum atomic E-state index is -0.797. The van der Waals surface area contributed by atoms with E-state index < -0.39 is 17.5 Å². The summed E-state index contributed by atoms with van der Waals surface area (Å²) in [6.45, 7) is 2.21. The Balaban J connectivity index is 1.76. The van der Waals surface area contributed by atoms with Gasteiger partial charge in [0.15, 0.2) is 5.76 Å². The quantitative estimate of drug-likeness (QED) is 0.424. The van der Waals surface area contributed by atoms with Gasteiger partial charge in [-0.15, -0.1) is 0 Å². The van der Waals surface area contributed by atoms with E-state index in [2.05, 4.69) is 0 Å². The SMILES string of the molecule is CCOC1Oc2ccc(Cl)cc2-c2oc(=O)c(-c3cc4ccccc4oc3=O)cc21. The molecule has 0 fully saturated rings. The van der Waals surface area contributed by atoms with Crippen molar-refractivity contribution < 1.29 is 18.3 Å². The Hall–Kier alpha value is -3.35. The topological polar surface area (TPSA) is 78.9 Å². The van der Waals surface area contributed by atoms with Crippen molar-refractivity contribution in [1.29, 1.82) is 0 Å². The van der Waals surface area contributed by atoms with Crippen molar-refractivity contribution in [3.63, 3.8) is 0 Å². The number of para-hydroxylation sites is 1. The van der Waals surface area contributed by atoms with Gasteiger partial charge in [0, 0.05) is 17.0 Å². The maximum Gasteiger partial charge on any atom is 0.344 e. The molecule has 0 bridgehead atoms. The van der Waals surface area contributed by atoms with Crippen molar-refractivity contribution in [2.75, 3.05) is 6.61 Å². The Bertz CT molecular complexity index is 1400. The normalized spacial score (nSPS) is 14.8. The van der Waals surface area contributed by atoms with Gasteiger partial charge >= 0.3 is 11.3 Å². The highest BCUT2D eigenvalue weighted by Gasteiger charge is 2.31. The lowest BCUT2D eigenvalue weighted by molar-refractivity contribution is -0.0813. The maximum absolute atomic E-state index is 12.9. The first-order valence-corrected chi connectivity index (χ1v) is 9.72. The van der Waals surface area contributed by atoms with Crippen LogP contribution in [0.1, 0.15) is 18.8 Å². The van der Waals surface area contributed by atoms with Crippen molar-refractivity contribution in [3.05, 3.63) is 86.0 Å². The Morgan fingerprint density at radius 2 is 1.70 bits per heavy atom. The lowest BCUT2D eigenvalue weighted by Crippen LogP contribution is -2.20. The molecule has 3 heterocycles. The molecule has 0 aliphatic carbocycles. The molecule has 0 saturated carbocycles.